The number of hydrogen-bond acceptors (Lipinski definition) is 10. The predicted octanol–water partition coefficient (Wildman–Crippen LogP) is 0.0651. The maximum atomic E-state index is 11.8. The molecule has 1 fully saturated rings. The van der Waals surface area contributed by atoms with E-state index in [2.05, 4.69) is 16.2 Å². The number of ether oxygens (including phenoxy) is 3. The Bertz CT molecular complexity index is 969. The minimum absolute atomic E-state index is 0.0897. The number of fused-ring (bicyclic) bond motifs is 1. The number of esters is 2. The van der Waals surface area contributed by atoms with E-state index in [-0.39, 0.29) is 25.3 Å². The first-order valence-corrected chi connectivity index (χ1v) is 9.00. The Hall–Kier alpha value is -3.23. The van der Waals surface area contributed by atoms with Crippen LogP contribution in [0.15, 0.2) is 18.5 Å². The molecule has 11 heteroatoms. The third kappa shape index (κ3) is 3.85. The van der Waals surface area contributed by atoms with Gasteiger partial charge < -0.3 is 25.1 Å². The molecule has 0 aromatic carbocycles. The molecule has 0 radical (unpaired) electrons. The van der Waals surface area contributed by atoms with Gasteiger partial charge in [0, 0.05) is 19.8 Å². The number of hydrogen-bond donors (Lipinski definition) is 2. The fourth-order valence-corrected chi connectivity index (χ4v) is 3.30. The summed E-state index contributed by atoms with van der Waals surface area (Å²) in [7, 11) is 0. The number of aliphatic hydroxyl groups excluding tert-OH is 1. The molecule has 4 atom stereocenters. The molecule has 29 heavy (non-hydrogen) atoms. The number of carbonyl (C=O) groups excluding carboxylic acids is 2. The van der Waals surface area contributed by atoms with E-state index in [4.69, 9.17) is 19.9 Å². The van der Waals surface area contributed by atoms with E-state index in [0.29, 0.717) is 11.2 Å². The minimum atomic E-state index is -1.65. The number of anilines is 1. The Morgan fingerprint density at radius 2 is 2.28 bits per heavy atom. The zero-order chi connectivity index (χ0) is 21.2. The molecule has 1 saturated heterocycles. The largest absolute Gasteiger partial charge is 0.463 e. The number of rotatable bonds is 5. The number of aliphatic hydroxyl groups is 1. The normalized spacial score (nSPS) is 26.6. The van der Waals surface area contributed by atoms with Crippen LogP contribution in [0.5, 0.6) is 0 Å². The van der Waals surface area contributed by atoms with Crippen LogP contribution in [0, 0.1) is 11.3 Å². The van der Waals surface area contributed by atoms with Crippen molar-refractivity contribution in [1.82, 2.24) is 14.6 Å². The van der Waals surface area contributed by atoms with E-state index in [9.17, 15) is 20.0 Å². The molecule has 2 aromatic heterocycles. The molecule has 0 aliphatic carbocycles. The molecule has 0 amide bonds. The third-order valence-corrected chi connectivity index (χ3v) is 4.68. The average molecular weight is 403 g/mol. The van der Waals surface area contributed by atoms with Crippen molar-refractivity contribution in [1.29, 1.82) is 5.26 Å². The highest BCUT2D eigenvalue weighted by molar-refractivity contribution is 5.69. The minimum Gasteiger partial charge on any atom is -0.463 e. The van der Waals surface area contributed by atoms with Gasteiger partial charge in [-0.3, -0.25) is 9.59 Å². The number of nitrogens with zero attached hydrogens (tertiary/aromatic N) is 4. The van der Waals surface area contributed by atoms with E-state index < -0.39 is 35.9 Å². The van der Waals surface area contributed by atoms with Crippen molar-refractivity contribution in [3.63, 3.8) is 0 Å². The maximum absolute atomic E-state index is 11.8. The summed E-state index contributed by atoms with van der Waals surface area (Å²) in [6.07, 6.45) is -2.29. The van der Waals surface area contributed by atoms with Crippen LogP contribution in [-0.2, 0) is 29.4 Å². The van der Waals surface area contributed by atoms with Gasteiger partial charge in [0.05, 0.1) is 11.8 Å². The highest BCUT2D eigenvalue weighted by Crippen LogP contribution is 2.39. The summed E-state index contributed by atoms with van der Waals surface area (Å²) >= 11 is 0. The van der Waals surface area contributed by atoms with Gasteiger partial charge in [-0.05, 0) is 12.1 Å². The lowest BCUT2D eigenvalue weighted by Crippen LogP contribution is -2.56. The number of nitrogen functional groups attached to an aromatic ring is 1. The smallest absolute Gasteiger partial charge is 0.305 e. The van der Waals surface area contributed by atoms with Crippen molar-refractivity contribution in [2.75, 3.05) is 12.3 Å². The van der Waals surface area contributed by atoms with E-state index in [1.165, 1.54) is 17.8 Å². The second kappa shape index (κ2) is 8.02. The van der Waals surface area contributed by atoms with Gasteiger partial charge in [0.25, 0.3) is 0 Å². The van der Waals surface area contributed by atoms with Gasteiger partial charge in [0.2, 0.25) is 0 Å². The van der Waals surface area contributed by atoms with Crippen LogP contribution in [0.25, 0.3) is 5.52 Å². The highest BCUT2D eigenvalue weighted by atomic mass is 16.6. The van der Waals surface area contributed by atoms with Crippen LogP contribution in [-0.4, -0.2) is 56.6 Å². The Balaban J connectivity index is 2.01. The van der Waals surface area contributed by atoms with Crippen molar-refractivity contribution in [3.05, 3.63) is 24.2 Å². The van der Waals surface area contributed by atoms with E-state index in [1.807, 2.05) is 0 Å². The molecular weight excluding hydrogens is 382 g/mol. The summed E-state index contributed by atoms with van der Waals surface area (Å²) in [5.41, 5.74) is 4.99. The summed E-state index contributed by atoms with van der Waals surface area (Å²) in [5, 5.41) is 24.8. The predicted molar refractivity (Wildman–Crippen MR) is 97.0 cm³/mol. The second-order valence-electron chi connectivity index (χ2n) is 6.64. The van der Waals surface area contributed by atoms with Gasteiger partial charge in [-0.2, -0.15) is 10.4 Å². The molecule has 0 unspecified atom stereocenters. The first-order chi connectivity index (χ1) is 13.8. The van der Waals surface area contributed by atoms with Crippen LogP contribution < -0.4 is 5.73 Å². The SMILES string of the molecule is CCC(=O)O[C@H]1[C@@H](O)C[C@](C#N)(c2ccc3c(N)ncnn23)O[C@@H]1COC(C)=O. The summed E-state index contributed by atoms with van der Waals surface area (Å²) in [6.45, 7) is 2.51. The van der Waals surface area contributed by atoms with Gasteiger partial charge in [-0.25, -0.2) is 9.50 Å². The van der Waals surface area contributed by atoms with Crippen molar-refractivity contribution >= 4 is 23.3 Å². The van der Waals surface area contributed by atoms with Crippen molar-refractivity contribution in [2.45, 2.75) is 50.6 Å². The lowest BCUT2D eigenvalue weighted by Gasteiger charge is -2.42. The molecule has 0 bridgehead atoms. The van der Waals surface area contributed by atoms with Gasteiger partial charge in [-0.1, -0.05) is 6.92 Å². The van der Waals surface area contributed by atoms with E-state index in [1.54, 1.807) is 19.1 Å². The summed E-state index contributed by atoms with van der Waals surface area (Å²) in [6, 6.07) is 5.31. The molecule has 154 valence electrons. The second-order valence-corrected chi connectivity index (χ2v) is 6.64. The molecular formula is C18H21N5O6. The fourth-order valence-electron chi connectivity index (χ4n) is 3.30. The van der Waals surface area contributed by atoms with Crippen LogP contribution >= 0.6 is 0 Å². The molecule has 1 aliphatic rings. The van der Waals surface area contributed by atoms with Gasteiger partial charge in [0.1, 0.15) is 30.6 Å². The molecule has 3 N–H and O–H groups in total. The molecule has 11 nitrogen and oxygen atoms in total. The number of aromatic nitrogens is 3. The lowest BCUT2D eigenvalue weighted by molar-refractivity contribution is -0.226. The van der Waals surface area contributed by atoms with Gasteiger partial charge in [0.15, 0.2) is 17.5 Å². The van der Waals surface area contributed by atoms with Crippen molar-refractivity contribution in [2.24, 2.45) is 0 Å². The first-order valence-electron chi connectivity index (χ1n) is 9.00. The topological polar surface area (TPSA) is 162 Å². The lowest BCUT2D eigenvalue weighted by atomic mass is 9.86. The monoisotopic (exact) mass is 403 g/mol. The quantitative estimate of drug-likeness (QED) is 0.653. The maximum Gasteiger partial charge on any atom is 0.305 e. The molecule has 1 aliphatic heterocycles. The van der Waals surface area contributed by atoms with Crippen LogP contribution in [0.2, 0.25) is 0 Å². The van der Waals surface area contributed by atoms with Crippen LogP contribution in [0.1, 0.15) is 32.4 Å². The van der Waals surface area contributed by atoms with E-state index >= 15 is 0 Å². The zero-order valence-electron chi connectivity index (χ0n) is 15.9. The Kier molecular flexibility index (Phi) is 5.67. The molecule has 3 rings (SSSR count). The van der Waals surface area contributed by atoms with Crippen LogP contribution in [0.4, 0.5) is 5.82 Å². The van der Waals surface area contributed by atoms with Crippen molar-refractivity contribution < 1.29 is 28.9 Å². The molecule has 0 spiro atoms. The molecule has 0 saturated carbocycles. The Morgan fingerprint density at radius 1 is 1.52 bits per heavy atom. The summed E-state index contributed by atoms with van der Waals surface area (Å²) in [5.74, 6) is -0.920. The Labute approximate surface area is 166 Å². The average Bonchev–Trinajstić information content (AvgIpc) is 3.14. The fraction of sp³-hybridized carbons (Fsp3) is 0.500. The van der Waals surface area contributed by atoms with Gasteiger partial charge in [-0.15, -0.1) is 0 Å². The standard InChI is InChI=1S/C18H21N5O6/c1-3-15(26)28-16-12(25)6-18(8-19,29-13(16)7-27-10(2)24)14-5-4-11-17(20)21-9-22-23(11)14/h4-5,9,12-13,16,25H,3,6-7H2,1-2H3,(H2,20,21,22)/t12-,13+,16-,18-/m0/s1. The van der Waals surface area contributed by atoms with Crippen molar-refractivity contribution in [3.8, 4) is 6.07 Å². The molecule has 2 aromatic rings. The summed E-state index contributed by atoms with van der Waals surface area (Å²) < 4.78 is 17.7. The first kappa shape index (κ1) is 20.5. The van der Waals surface area contributed by atoms with Crippen LogP contribution in [0.3, 0.4) is 0 Å². The zero-order valence-corrected chi connectivity index (χ0v) is 15.9. The Morgan fingerprint density at radius 3 is 2.93 bits per heavy atom. The molecule has 3 heterocycles. The number of nitriles is 1. The van der Waals surface area contributed by atoms with E-state index in [0.717, 1.165) is 0 Å². The summed E-state index contributed by atoms with van der Waals surface area (Å²) in [4.78, 5) is 27.0. The highest BCUT2D eigenvalue weighted by Gasteiger charge is 2.51. The van der Waals surface area contributed by atoms with Gasteiger partial charge >= 0.3 is 11.9 Å². The number of nitrogens with two attached hydrogens (primary N) is 1. The number of carbonyl (C=O) groups is 2. The third-order valence-electron chi connectivity index (χ3n) is 4.68.